The number of benzene rings is 1. The van der Waals surface area contributed by atoms with Crippen molar-refractivity contribution in [2.45, 2.75) is 44.1 Å². The lowest BCUT2D eigenvalue weighted by atomic mass is 9.71. The molecule has 0 radical (unpaired) electrons. The monoisotopic (exact) mass is 422 g/mol. The molecule has 1 saturated carbocycles. The predicted octanol–water partition coefficient (Wildman–Crippen LogP) is 3.29. The smallest absolute Gasteiger partial charge is 0.223 e. The van der Waals surface area contributed by atoms with Crippen LogP contribution in [0.1, 0.15) is 55.6 Å². The van der Waals surface area contributed by atoms with E-state index in [2.05, 4.69) is 20.1 Å². The Kier molecular flexibility index (Phi) is 4.33. The van der Waals surface area contributed by atoms with Gasteiger partial charge in [-0.1, -0.05) is 6.07 Å². The second-order valence-electron chi connectivity index (χ2n) is 8.58. The van der Waals surface area contributed by atoms with Gasteiger partial charge in [-0.25, -0.2) is 14.4 Å². The summed E-state index contributed by atoms with van der Waals surface area (Å²) in [4.78, 5) is 13.4. The number of aromatic nitrogens is 5. The van der Waals surface area contributed by atoms with Gasteiger partial charge in [0.05, 0.1) is 18.2 Å². The molecule has 5 rings (SSSR count). The fourth-order valence-corrected chi connectivity index (χ4v) is 4.12. The number of nitrogens with two attached hydrogens (primary N) is 1. The largest absolute Gasteiger partial charge is 0.494 e. The highest BCUT2D eigenvalue weighted by Crippen LogP contribution is 2.46. The van der Waals surface area contributed by atoms with Crippen molar-refractivity contribution >= 4 is 22.5 Å². The maximum Gasteiger partial charge on any atom is 0.223 e. The van der Waals surface area contributed by atoms with Crippen molar-refractivity contribution in [1.82, 2.24) is 24.6 Å². The highest BCUT2D eigenvalue weighted by atomic mass is 19.1. The van der Waals surface area contributed by atoms with Gasteiger partial charge < -0.3 is 15.6 Å². The van der Waals surface area contributed by atoms with Gasteiger partial charge in [-0.05, 0) is 50.3 Å². The molecule has 0 atom stereocenters. The second-order valence-corrected chi connectivity index (χ2v) is 8.58. The van der Waals surface area contributed by atoms with Crippen LogP contribution in [0, 0.1) is 5.82 Å². The summed E-state index contributed by atoms with van der Waals surface area (Å²) in [6.45, 7) is 3.43. The number of aliphatic hydroxyl groups is 1. The molecule has 8 nitrogen and oxygen atoms in total. The van der Waals surface area contributed by atoms with Crippen molar-refractivity contribution in [1.29, 1.82) is 0 Å². The number of ether oxygens (including phenoxy) is 1. The molecule has 160 valence electrons. The van der Waals surface area contributed by atoms with E-state index in [1.54, 1.807) is 13.8 Å². The average Bonchev–Trinajstić information content (AvgIpc) is 3.12. The third-order valence-electron chi connectivity index (χ3n) is 5.96. The SMILES string of the molecule is COc1cc(F)cc2c1nc(N)n1nc(C3CC(c4ccc(C(C)(C)O)nc4)C3)nc21. The number of nitrogen functional groups attached to an aromatic ring is 1. The summed E-state index contributed by atoms with van der Waals surface area (Å²) in [6, 6.07) is 6.53. The molecule has 0 spiro atoms. The maximum atomic E-state index is 14.1. The van der Waals surface area contributed by atoms with E-state index < -0.39 is 11.4 Å². The molecule has 1 aliphatic rings. The third kappa shape index (κ3) is 3.25. The number of hydrogen-bond donors (Lipinski definition) is 2. The highest BCUT2D eigenvalue weighted by Gasteiger charge is 2.35. The van der Waals surface area contributed by atoms with Crippen LogP contribution < -0.4 is 10.5 Å². The molecule has 3 heterocycles. The van der Waals surface area contributed by atoms with Crippen LogP contribution in [0.2, 0.25) is 0 Å². The van der Waals surface area contributed by atoms with Gasteiger partial charge in [0.2, 0.25) is 5.95 Å². The molecule has 3 aromatic heterocycles. The first-order valence-corrected chi connectivity index (χ1v) is 10.1. The van der Waals surface area contributed by atoms with Crippen molar-refractivity contribution in [2.24, 2.45) is 0 Å². The highest BCUT2D eigenvalue weighted by molar-refractivity contribution is 5.95. The predicted molar refractivity (Wildman–Crippen MR) is 113 cm³/mol. The van der Waals surface area contributed by atoms with E-state index in [1.807, 2.05) is 18.3 Å². The topological polar surface area (TPSA) is 111 Å². The summed E-state index contributed by atoms with van der Waals surface area (Å²) >= 11 is 0. The summed E-state index contributed by atoms with van der Waals surface area (Å²) < 4.78 is 20.8. The molecule has 1 fully saturated rings. The van der Waals surface area contributed by atoms with Crippen LogP contribution >= 0.6 is 0 Å². The van der Waals surface area contributed by atoms with Crippen LogP contribution in [0.15, 0.2) is 30.5 Å². The number of hydrogen-bond acceptors (Lipinski definition) is 7. The Balaban J connectivity index is 1.44. The molecule has 0 saturated heterocycles. The maximum absolute atomic E-state index is 14.1. The quantitative estimate of drug-likeness (QED) is 0.519. The van der Waals surface area contributed by atoms with E-state index >= 15 is 0 Å². The fourth-order valence-electron chi connectivity index (χ4n) is 4.12. The average molecular weight is 422 g/mol. The van der Waals surface area contributed by atoms with E-state index in [9.17, 15) is 9.50 Å². The summed E-state index contributed by atoms with van der Waals surface area (Å²) in [5.41, 5.74) is 7.84. The number of halogens is 1. The van der Waals surface area contributed by atoms with E-state index in [1.165, 1.54) is 23.8 Å². The van der Waals surface area contributed by atoms with Gasteiger partial charge in [-0.15, -0.1) is 5.10 Å². The van der Waals surface area contributed by atoms with Crippen molar-refractivity contribution in [3.05, 3.63) is 53.4 Å². The van der Waals surface area contributed by atoms with Crippen LogP contribution in [0.3, 0.4) is 0 Å². The van der Waals surface area contributed by atoms with Crippen LogP contribution in [-0.2, 0) is 5.60 Å². The zero-order chi connectivity index (χ0) is 21.9. The zero-order valence-electron chi connectivity index (χ0n) is 17.5. The van der Waals surface area contributed by atoms with Gasteiger partial charge in [0.1, 0.15) is 22.7 Å². The van der Waals surface area contributed by atoms with Crippen molar-refractivity contribution < 1.29 is 14.2 Å². The zero-order valence-corrected chi connectivity index (χ0v) is 17.5. The van der Waals surface area contributed by atoms with E-state index in [4.69, 9.17) is 10.5 Å². The van der Waals surface area contributed by atoms with E-state index in [0.717, 1.165) is 18.4 Å². The van der Waals surface area contributed by atoms with Gasteiger partial charge >= 0.3 is 0 Å². The third-order valence-corrected chi connectivity index (χ3v) is 5.96. The van der Waals surface area contributed by atoms with Gasteiger partial charge in [-0.2, -0.15) is 4.52 Å². The summed E-state index contributed by atoms with van der Waals surface area (Å²) in [5.74, 6) is 1.23. The molecule has 3 N–H and O–H groups in total. The summed E-state index contributed by atoms with van der Waals surface area (Å²) in [5, 5.41) is 15.1. The number of fused-ring (bicyclic) bond motifs is 3. The van der Waals surface area contributed by atoms with Crippen molar-refractivity contribution in [3.8, 4) is 5.75 Å². The van der Waals surface area contributed by atoms with E-state index in [-0.39, 0.29) is 11.9 Å². The summed E-state index contributed by atoms with van der Waals surface area (Å²) in [6.07, 6.45) is 3.59. The minimum absolute atomic E-state index is 0.170. The Labute approximate surface area is 177 Å². The molecule has 0 amide bonds. The lowest BCUT2D eigenvalue weighted by molar-refractivity contribution is 0.0738. The van der Waals surface area contributed by atoms with Gasteiger partial charge in [0.15, 0.2) is 11.5 Å². The first-order valence-electron chi connectivity index (χ1n) is 10.1. The Bertz CT molecular complexity index is 1290. The standard InChI is InChI=1S/C22H23FN6O2/c1-22(2,30)17-5-4-11(10-25-17)12-6-13(7-12)19-27-20-15-8-14(23)9-16(31-3)18(15)26-21(24)29(20)28-19/h4-5,8-10,12-13,30H,6-7H2,1-3H3,(H2,24,26). The Morgan fingerprint density at radius 1 is 1.19 bits per heavy atom. The molecule has 0 bridgehead atoms. The Morgan fingerprint density at radius 3 is 2.61 bits per heavy atom. The fraction of sp³-hybridized carbons (Fsp3) is 0.364. The number of anilines is 1. The molecule has 0 unspecified atom stereocenters. The molecule has 1 aromatic carbocycles. The normalized spacial score (nSPS) is 19.0. The minimum Gasteiger partial charge on any atom is -0.494 e. The van der Waals surface area contributed by atoms with Crippen LogP contribution in [0.25, 0.3) is 16.6 Å². The first-order chi connectivity index (χ1) is 14.7. The van der Waals surface area contributed by atoms with E-state index in [0.29, 0.717) is 39.7 Å². The molecule has 9 heteroatoms. The number of rotatable bonds is 4. The van der Waals surface area contributed by atoms with Crippen molar-refractivity contribution in [2.75, 3.05) is 12.8 Å². The Hall–Kier alpha value is -3.33. The number of nitrogens with zero attached hydrogens (tertiary/aromatic N) is 5. The number of pyridine rings is 1. The lowest BCUT2D eigenvalue weighted by Crippen LogP contribution is -2.22. The molecule has 1 aliphatic carbocycles. The van der Waals surface area contributed by atoms with Gasteiger partial charge in [0.25, 0.3) is 0 Å². The van der Waals surface area contributed by atoms with Crippen molar-refractivity contribution in [3.63, 3.8) is 0 Å². The minimum atomic E-state index is -0.958. The van der Waals surface area contributed by atoms with Crippen LogP contribution in [0.4, 0.5) is 10.3 Å². The van der Waals surface area contributed by atoms with Gasteiger partial charge in [-0.3, -0.25) is 4.98 Å². The molecule has 4 aromatic rings. The lowest BCUT2D eigenvalue weighted by Gasteiger charge is -2.33. The first kappa shape index (κ1) is 19.6. The molecular formula is C22H23FN6O2. The van der Waals surface area contributed by atoms with Crippen LogP contribution in [0.5, 0.6) is 5.75 Å². The summed E-state index contributed by atoms with van der Waals surface area (Å²) in [7, 11) is 1.46. The number of methoxy groups -OCH3 is 1. The molecular weight excluding hydrogens is 399 g/mol. The molecule has 31 heavy (non-hydrogen) atoms. The second kappa shape index (κ2) is 6.84. The van der Waals surface area contributed by atoms with Gasteiger partial charge in [0, 0.05) is 18.2 Å². The van der Waals surface area contributed by atoms with Crippen LogP contribution in [-0.4, -0.2) is 36.8 Å². The Morgan fingerprint density at radius 2 is 1.97 bits per heavy atom. The molecule has 0 aliphatic heterocycles.